The molecule has 0 atom stereocenters. The topological polar surface area (TPSA) is 80.9 Å². The van der Waals surface area contributed by atoms with Crippen molar-refractivity contribution in [2.45, 2.75) is 13.3 Å². The molecular formula is C10H10N4O2. The third kappa shape index (κ3) is 2.22. The van der Waals surface area contributed by atoms with E-state index in [0.717, 1.165) is 11.3 Å². The highest BCUT2D eigenvalue weighted by molar-refractivity contribution is 5.68. The van der Waals surface area contributed by atoms with Crippen molar-refractivity contribution in [1.29, 1.82) is 0 Å². The number of aliphatic carboxylic acids is 1. The Bertz CT molecular complexity index is 521. The minimum Gasteiger partial charge on any atom is -0.481 e. The van der Waals surface area contributed by atoms with E-state index in [4.69, 9.17) is 5.11 Å². The molecule has 16 heavy (non-hydrogen) atoms. The molecule has 1 heterocycles. The van der Waals surface area contributed by atoms with Crippen LogP contribution in [0.25, 0.3) is 5.69 Å². The first kappa shape index (κ1) is 10.3. The summed E-state index contributed by atoms with van der Waals surface area (Å²) >= 11 is 0. The first-order valence-corrected chi connectivity index (χ1v) is 4.73. The van der Waals surface area contributed by atoms with Gasteiger partial charge in [0.25, 0.3) is 0 Å². The van der Waals surface area contributed by atoms with Crippen LogP contribution in [0.4, 0.5) is 0 Å². The van der Waals surface area contributed by atoms with Crippen molar-refractivity contribution in [3.8, 4) is 5.69 Å². The summed E-state index contributed by atoms with van der Waals surface area (Å²) in [6.07, 6.45) is -0.216. The van der Waals surface area contributed by atoms with Crippen LogP contribution in [0.15, 0.2) is 24.3 Å². The zero-order valence-electron chi connectivity index (χ0n) is 8.66. The largest absolute Gasteiger partial charge is 0.481 e. The van der Waals surface area contributed by atoms with Crippen LogP contribution in [-0.4, -0.2) is 31.3 Å². The minimum absolute atomic E-state index is 0.203. The van der Waals surface area contributed by atoms with E-state index in [1.807, 2.05) is 31.2 Å². The first-order valence-electron chi connectivity index (χ1n) is 4.73. The van der Waals surface area contributed by atoms with E-state index in [0.29, 0.717) is 0 Å². The molecule has 1 N–H and O–H groups in total. The van der Waals surface area contributed by atoms with Crippen molar-refractivity contribution in [2.75, 3.05) is 0 Å². The van der Waals surface area contributed by atoms with Crippen LogP contribution < -0.4 is 0 Å². The number of benzene rings is 1. The average molecular weight is 218 g/mol. The Morgan fingerprint density at radius 3 is 3.00 bits per heavy atom. The molecule has 0 radical (unpaired) electrons. The van der Waals surface area contributed by atoms with E-state index in [1.165, 1.54) is 4.80 Å². The maximum Gasteiger partial charge on any atom is 0.311 e. The van der Waals surface area contributed by atoms with Crippen LogP contribution in [0.2, 0.25) is 0 Å². The Morgan fingerprint density at radius 1 is 1.50 bits per heavy atom. The lowest BCUT2D eigenvalue weighted by molar-refractivity contribution is -0.136. The number of aromatic nitrogens is 4. The quantitative estimate of drug-likeness (QED) is 0.815. The number of hydrogen-bond acceptors (Lipinski definition) is 4. The highest BCUT2D eigenvalue weighted by Gasteiger charge is 2.08. The fourth-order valence-corrected chi connectivity index (χ4v) is 1.31. The fraction of sp³-hybridized carbons (Fsp3) is 0.200. The summed E-state index contributed by atoms with van der Waals surface area (Å²) in [4.78, 5) is 11.8. The molecule has 2 aromatic rings. The summed E-state index contributed by atoms with van der Waals surface area (Å²) < 4.78 is 0. The molecule has 6 nitrogen and oxygen atoms in total. The van der Waals surface area contributed by atoms with Gasteiger partial charge in [0.15, 0.2) is 5.82 Å². The first-order chi connectivity index (χ1) is 7.65. The molecule has 6 heteroatoms. The van der Waals surface area contributed by atoms with Gasteiger partial charge >= 0.3 is 5.97 Å². The van der Waals surface area contributed by atoms with E-state index >= 15 is 0 Å². The van der Waals surface area contributed by atoms with Crippen LogP contribution in [0.5, 0.6) is 0 Å². The van der Waals surface area contributed by atoms with Gasteiger partial charge in [-0.25, -0.2) is 0 Å². The smallest absolute Gasteiger partial charge is 0.311 e. The van der Waals surface area contributed by atoms with Crippen molar-refractivity contribution in [3.63, 3.8) is 0 Å². The SMILES string of the molecule is Cc1cccc(-n2nnc(CC(=O)O)n2)c1. The number of carboxylic acid groups (broad SMARTS) is 1. The number of nitrogens with zero attached hydrogens (tertiary/aromatic N) is 4. The normalized spacial score (nSPS) is 10.3. The molecule has 0 saturated heterocycles. The second-order valence-corrected chi connectivity index (χ2v) is 3.40. The van der Waals surface area contributed by atoms with Gasteiger partial charge in [-0.15, -0.1) is 15.0 Å². The Balaban J connectivity index is 2.28. The Labute approximate surface area is 91.5 Å². The minimum atomic E-state index is -0.969. The van der Waals surface area contributed by atoms with Gasteiger partial charge in [0.1, 0.15) is 6.42 Å². The second-order valence-electron chi connectivity index (χ2n) is 3.40. The Hall–Kier alpha value is -2.24. The van der Waals surface area contributed by atoms with Crippen LogP contribution in [0.1, 0.15) is 11.4 Å². The van der Waals surface area contributed by atoms with E-state index in [9.17, 15) is 4.79 Å². The lowest BCUT2D eigenvalue weighted by Gasteiger charge is -1.98. The Kier molecular flexibility index (Phi) is 2.63. The number of aryl methyl sites for hydroxylation is 1. The van der Waals surface area contributed by atoms with Crippen LogP contribution in [0, 0.1) is 6.92 Å². The van der Waals surface area contributed by atoms with Crippen molar-refractivity contribution in [1.82, 2.24) is 20.2 Å². The molecule has 0 unspecified atom stereocenters. The molecule has 0 amide bonds. The van der Waals surface area contributed by atoms with E-state index in [-0.39, 0.29) is 12.2 Å². The molecule has 1 aromatic heterocycles. The highest BCUT2D eigenvalue weighted by atomic mass is 16.4. The molecule has 0 fully saturated rings. The van der Waals surface area contributed by atoms with Crippen molar-refractivity contribution >= 4 is 5.97 Å². The highest BCUT2D eigenvalue weighted by Crippen LogP contribution is 2.07. The number of carbonyl (C=O) groups is 1. The molecule has 0 saturated carbocycles. The summed E-state index contributed by atoms with van der Waals surface area (Å²) in [5, 5.41) is 20.0. The predicted octanol–water partition coefficient (Wildman–Crippen LogP) is 0.598. The fourth-order valence-electron chi connectivity index (χ4n) is 1.31. The second kappa shape index (κ2) is 4.09. The van der Waals surface area contributed by atoms with Gasteiger partial charge in [0.05, 0.1) is 5.69 Å². The summed E-state index contributed by atoms with van der Waals surface area (Å²) in [5.74, 6) is -0.766. The maximum atomic E-state index is 10.5. The maximum absolute atomic E-state index is 10.5. The molecule has 0 bridgehead atoms. The molecule has 0 spiro atoms. The summed E-state index contributed by atoms with van der Waals surface area (Å²) in [5.41, 5.74) is 1.85. The zero-order chi connectivity index (χ0) is 11.5. The van der Waals surface area contributed by atoms with Crippen LogP contribution >= 0.6 is 0 Å². The van der Waals surface area contributed by atoms with Gasteiger partial charge in [-0.1, -0.05) is 12.1 Å². The number of tetrazole rings is 1. The summed E-state index contributed by atoms with van der Waals surface area (Å²) in [7, 11) is 0. The Morgan fingerprint density at radius 2 is 2.31 bits per heavy atom. The summed E-state index contributed by atoms with van der Waals surface area (Å²) in [6.45, 7) is 1.96. The molecule has 2 rings (SSSR count). The van der Waals surface area contributed by atoms with Crippen molar-refractivity contribution < 1.29 is 9.90 Å². The number of rotatable bonds is 3. The monoisotopic (exact) mass is 218 g/mol. The third-order valence-corrected chi connectivity index (χ3v) is 2.00. The standard InChI is InChI=1S/C10H10N4O2/c1-7-3-2-4-8(5-7)14-12-9(11-13-14)6-10(15)16/h2-5H,6H2,1H3,(H,15,16). The number of carboxylic acids is 1. The van der Waals surface area contributed by atoms with Gasteiger partial charge in [-0.05, 0) is 29.8 Å². The van der Waals surface area contributed by atoms with E-state index < -0.39 is 5.97 Å². The van der Waals surface area contributed by atoms with Crippen molar-refractivity contribution in [3.05, 3.63) is 35.7 Å². The molecule has 0 aliphatic rings. The molecule has 82 valence electrons. The summed E-state index contributed by atoms with van der Waals surface area (Å²) in [6, 6.07) is 7.56. The lowest BCUT2D eigenvalue weighted by Crippen LogP contribution is -2.03. The van der Waals surface area contributed by atoms with E-state index in [1.54, 1.807) is 0 Å². The lowest BCUT2D eigenvalue weighted by atomic mass is 10.2. The number of hydrogen-bond donors (Lipinski definition) is 1. The molecule has 1 aromatic carbocycles. The van der Waals surface area contributed by atoms with Gasteiger partial charge in [-0.2, -0.15) is 0 Å². The zero-order valence-corrected chi connectivity index (χ0v) is 8.66. The third-order valence-electron chi connectivity index (χ3n) is 2.00. The van der Waals surface area contributed by atoms with E-state index in [2.05, 4.69) is 15.4 Å². The van der Waals surface area contributed by atoms with Gasteiger partial charge in [0, 0.05) is 0 Å². The van der Waals surface area contributed by atoms with Crippen LogP contribution in [0.3, 0.4) is 0 Å². The van der Waals surface area contributed by atoms with Gasteiger partial charge < -0.3 is 5.11 Å². The average Bonchev–Trinajstić information content (AvgIpc) is 2.65. The molecule has 0 aliphatic carbocycles. The van der Waals surface area contributed by atoms with Gasteiger partial charge in [0.2, 0.25) is 0 Å². The van der Waals surface area contributed by atoms with Gasteiger partial charge in [-0.3, -0.25) is 4.79 Å². The predicted molar refractivity (Wildman–Crippen MR) is 55.2 cm³/mol. The van der Waals surface area contributed by atoms with Crippen molar-refractivity contribution in [2.24, 2.45) is 0 Å². The molecule has 0 aliphatic heterocycles. The van der Waals surface area contributed by atoms with Crippen LogP contribution in [-0.2, 0) is 11.2 Å². The molecular weight excluding hydrogens is 208 g/mol.